The van der Waals surface area contributed by atoms with Gasteiger partial charge in [0, 0.05) is 24.4 Å². The molecule has 22 heavy (non-hydrogen) atoms. The van der Waals surface area contributed by atoms with Gasteiger partial charge in [0.15, 0.2) is 0 Å². The molecule has 6 heteroatoms. The van der Waals surface area contributed by atoms with Crippen molar-refractivity contribution in [2.24, 2.45) is 5.92 Å². The van der Waals surface area contributed by atoms with E-state index in [1.165, 1.54) is 7.05 Å². The summed E-state index contributed by atoms with van der Waals surface area (Å²) in [6.07, 6.45) is 1.16. The Morgan fingerprint density at radius 1 is 1.27 bits per heavy atom. The highest BCUT2D eigenvalue weighted by molar-refractivity contribution is 9.10. The number of benzene rings is 1. The van der Waals surface area contributed by atoms with Gasteiger partial charge in [-0.15, -0.1) is 0 Å². The molecule has 2 amide bonds. The van der Waals surface area contributed by atoms with E-state index in [0.29, 0.717) is 17.4 Å². The van der Waals surface area contributed by atoms with Crippen LogP contribution in [0.2, 0.25) is 0 Å². The molecular weight excluding hydrogens is 348 g/mol. The number of amides is 2. The van der Waals surface area contributed by atoms with Crippen LogP contribution in [0.15, 0.2) is 28.7 Å². The number of nitrogens with one attached hydrogen (secondary N) is 1. The molecule has 5 nitrogen and oxygen atoms in total. The van der Waals surface area contributed by atoms with Crippen molar-refractivity contribution in [3.63, 3.8) is 0 Å². The van der Waals surface area contributed by atoms with E-state index in [-0.39, 0.29) is 18.7 Å². The summed E-state index contributed by atoms with van der Waals surface area (Å²) in [5, 5.41) is 13.2. The van der Waals surface area contributed by atoms with Crippen LogP contribution in [0.25, 0.3) is 0 Å². The lowest BCUT2D eigenvalue weighted by atomic mass is 10.0. The second-order valence-electron chi connectivity index (χ2n) is 5.63. The van der Waals surface area contributed by atoms with E-state index in [0.717, 1.165) is 10.0 Å². The van der Waals surface area contributed by atoms with E-state index in [9.17, 15) is 14.8 Å². The fourth-order valence-corrected chi connectivity index (χ4v) is 2.27. The van der Waals surface area contributed by atoms with E-state index in [1.807, 2.05) is 38.1 Å². The molecule has 1 aromatic rings. The lowest BCUT2D eigenvalue weighted by Crippen LogP contribution is -2.48. The van der Waals surface area contributed by atoms with Gasteiger partial charge in [-0.1, -0.05) is 41.9 Å². The maximum atomic E-state index is 12.0. The Morgan fingerprint density at radius 2 is 1.86 bits per heavy atom. The molecule has 0 aromatic heterocycles. The van der Waals surface area contributed by atoms with Crippen molar-refractivity contribution in [2.75, 3.05) is 7.05 Å². The van der Waals surface area contributed by atoms with Crippen LogP contribution in [0.3, 0.4) is 0 Å². The number of hydroxylamine groups is 2. The fraction of sp³-hybridized carbons (Fsp3) is 0.500. The molecule has 0 aliphatic rings. The standard InChI is InChI=1S/C16H23BrN2O3/c1-11(2)4-9-15(20)19(22)14(16(21)18-3)10-12-5-7-13(17)8-6-12/h5-8,11,14,22H,4,9-10H2,1-3H3,(H,18,21)/t14-/m0/s1. The highest BCUT2D eigenvalue weighted by Crippen LogP contribution is 2.15. The molecule has 0 heterocycles. The van der Waals surface area contributed by atoms with Crippen LogP contribution in [0.5, 0.6) is 0 Å². The number of halogens is 1. The summed E-state index contributed by atoms with van der Waals surface area (Å²) < 4.78 is 0.932. The molecule has 0 aliphatic heterocycles. The van der Waals surface area contributed by atoms with Gasteiger partial charge in [0.2, 0.25) is 11.8 Å². The van der Waals surface area contributed by atoms with Crippen LogP contribution < -0.4 is 5.32 Å². The Balaban J connectivity index is 2.81. The van der Waals surface area contributed by atoms with Gasteiger partial charge in [0.05, 0.1) is 0 Å². The van der Waals surface area contributed by atoms with Crippen molar-refractivity contribution in [1.29, 1.82) is 0 Å². The lowest BCUT2D eigenvalue weighted by molar-refractivity contribution is -0.180. The Morgan fingerprint density at radius 3 is 2.36 bits per heavy atom. The molecular formula is C16H23BrN2O3. The molecule has 2 N–H and O–H groups in total. The summed E-state index contributed by atoms with van der Waals surface area (Å²) in [6.45, 7) is 4.01. The van der Waals surface area contributed by atoms with Crippen molar-refractivity contribution >= 4 is 27.7 Å². The predicted molar refractivity (Wildman–Crippen MR) is 88.4 cm³/mol. The summed E-state index contributed by atoms with van der Waals surface area (Å²) in [7, 11) is 1.49. The molecule has 1 aromatic carbocycles. The second kappa shape index (κ2) is 8.90. The summed E-state index contributed by atoms with van der Waals surface area (Å²) in [4.78, 5) is 24.0. The molecule has 0 unspecified atom stereocenters. The molecule has 0 aliphatic carbocycles. The number of nitrogens with zero attached hydrogens (tertiary/aromatic N) is 1. The zero-order chi connectivity index (χ0) is 16.7. The van der Waals surface area contributed by atoms with Gasteiger partial charge in [-0.25, -0.2) is 5.06 Å². The zero-order valence-electron chi connectivity index (χ0n) is 13.2. The number of rotatable bonds is 7. The smallest absolute Gasteiger partial charge is 0.246 e. The molecule has 1 rings (SSSR count). The average molecular weight is 371 g/mol. The van der Waals surface area contributed by atoms with Gasteiger partial charge in [0.25, 0.3) is 0 Å². The van der Waals surface area contributed by atoms with Crippen molar-refractivity contribution in [3.05, 3.63) is 34.3 Å². The Bertz CT molecular complexity index is 503. The van der Waals surface area contributed by atoms with E-state index in [1.54, 1.807) is 0 Å². The van der Waals surface area contributed by atoms with Gasteiger partial charge >= 0.3 is 0 Å². The molecule has 0 saturated carbocycles. The molecule has 0 saturated heterocycles. The predicted octanol–water partition coefficient (Wildman–Crippen LogP) is 2.76. The van der Waals surface area contributed by atoms with E-state index < -0.39 is 11.9 Å². The van der Waals surface area contributed by atoms with Crippen molar-refractivity contribution in [3.8, 4) is 0 Å². The van der Waals surface area contributed by atoms with Crippen LogP contribution >= 0.6 is 15.9 Å². The largest absolute Gasteiger partial charge is 0.357 e. The third-order valence-electron chi connectivity index (χ3n) is 3.38. The van der Waals surface area contributed by atoms with Gasteiger partial charge in [-0.2, -0.15) is 0 Å². The molecule has 0 bridgehead atoms. The van der Waals surface area contributed by atoms with Crippen LogP contribution in [-0.4, -0.2) is 35.2 Å². The van der Waals surface area contributed by atoms with Crippen molar-refractivity contribution < 1.29 is 14.8 Å². The number of likely N-dealkylation sites (N-methyl/N-ethyl adjacent to an activating group) is 1. The van der Waals surface area contributed by atoms with Gasteiger partial charge < -0.3 is 5.32 Å². The first kappa shape index (κ1) is 18.6. The first-order valence-electron chi connectivity index (χ1n) is 7.32. The van der Waals surface area contributed by atoms with Crippen molar-refractivity contribution in [1.82, 2.24) is 10.4 Å². The maximum Gasteiger partial charge on any atom is 0.246 e. The fourth-order valence-electron chi connectivity index (χ4n) is 2.00. The summed E-state index contributed by atoms with van der Waals surface area (Å²) in [5.41, 5.74) is 0.868. The Hall–Kier alpha value is -1.40. The summed E-state index contributed by atoms with van der Waals surface area (Å²) >= 11 is 3.35. The van der Waals surface area contributed by atoms with Crippen LogP contribution in [-0.2, 0) is 16.0 Å². The molecule has 0 spiro atoms. The lowest BCUT2D eigenvalue weighted by Gasteiger charge is -2.25. The Kier molecular flexibility index (Phi) is 7.55. The van der Waals surface area contributed by atoms with Crippen LogP contribution in [0.1, 0.15) is 32.3 Å². The minimum atomic E-state index is -0.925. The normalized spacial score (nSPS) is 12.1. The molecule has 1 atom stereocenters. The molecule has 0 fully saturated rings. The summed E-state index contributed by atoms with van der Waals surface area (Å²) in [6, 6.07) is 6.50. The SMILES string of the molecule is CNC(=O)[C@H](Cc1ccc(Br)cc1)N(O)C(=O)CCC(C)C. The van der Waals surface area contributed by atoms with E-state index >= 15 is 0 Å². The van der Waals surface area contributed by atoms with Gasteiger partial charge in [-0.3, -0.25) is 14.8 Å². The van der Waals surface area contributed by atoms with Gasteiger partial charge in [-0.05, 0) is 30.0 Å². The number of hydrogen-bond acceptors (Lipinski definition) is 3. The number of carbonyl (C=O) groups is 2. The highest BCUT2D eigenvalue weighted by atomic mass is 79.9. The quantitative estimate of drug-likeness (QED) is 0.572. The minimum Gasteiger partial charge on any atom is -0.357 e. The first-order chi connectivity index (χ1) is 10.3. The highest BCUT2D eigenvalue weighted by Gasteiger charge is 2.28. The number of carbonyl (C=O) groups excluding carboxylic acids is 2. The minimum absolute atomic E-state index is 0.224. The zero-order valence-corrected chi connectivity index (χ0v) is 14.8. The van der Waals surface area contributed by atoms with Crippen molar-refractivity contribution in [2.45, 2.75) is 39.2 Å². The topological polar surface area (TPSA) is 69.6 Å². The summed E-state index contributed by atoms with van der Waals surface area (Å²) in [5.74, 6) is -0.454. The van der Waals surface area contributed by atoms with E-state index in [2.05, 4.69) is 21.2 Å². The monoisotopic (exact) mass is 370 g/mol. The average Bonchev–Trinajstić information content (AvgIpc) is 2.50. The first-order valence-corrected chi connectivity index (χ1v) is 8.11. The third-order valence-corrected chi connectivity index (χ3v) is 3.91. The van der Waals surface area contributed by atoms with Crippen LogP contribution in [0.4, 0.5) is 0 Å². The van der Waals surface area contributed by atoms with E-state index in [4.69, 9.17) is 0 Å². The van der Waals surface area contributed by atoms with Crippen LogP contribution in [0, 0.1) is 5.92 Å². The Labute approximate surface area is 139 Å². The second-order valence-corrected chi connectivity index (χ2v) is 6.55. The number of hydrogen-bond donors (Lipinski definition) is 2. The third kappa shape index (κ3) is 5.77. The molecule has 0 radical (unpaired) electrons. The molecule has 122 valence electrons. The maximum absolute atomic E-state index is 12.0. The van der Waals surface area contributed by atoms with Gasteiger partial charge in [0.1, 0.15) is 6.04 Å².